The summed E-state index contributed by atoms with van der Waals surface area (Å²) in [4.78, 5) is 13.0. The van der Waals surface area contributed by atoms with E-state index in [1.54, 1.807) is 0 Å². The van der Waals surface area contributed by atoms with Gasteiger partial charge in [0, 0.05) is 43.9 Å². The Morgan fingerprint density at radius 2 is 2.00 bits per heavy atom. The lowest BCUT2D eigenvalue weighted by molar-refractivity contribution is -0.385. The summed E-state index contributed by atoms with van der Waals surface area (Å²) in [6.07, 6.45) is 2.89. The zero-order valence-electron chi connectivity index (χ0n) is 14.6. The summed E-state index contributed by atoms with van der Waals surface area (Å²) in [5, 5.41) is 25.0. The normalized spacial score (nSPS) is 15.6. The molecule has 0 unspecified atom stereocenters. The highest BCUT2D eigenvalue weighted by Gasteiger charge is 2.28. The lowest BCUT2D eigenvalue weighted by atomic mass is 9.96. The first-order valence-corrected chi connectivity index (χ1v) is 8.08. The van der Waals surface area contributed by atoms with Crippen molar-refractivity contribution in [2.45, 2.75) is 32.2 Å². The Morgan fingerprint density at radius 3 is 2.52 bits per heavy atom. The van der Waals surface area contributed by atoms with Crippen molar-refractivity contribution in [1.29, 1.82) is 0 Å². The van der Waals surface area contributed by atoms with Gasteiger partial charge in [0.15, 0.2) is 11.5 Å². The standard InChI is InChI=1S/C16H25N3O4.2ClH/c1-3-4-5-14(18-8-6-17-7-9-18)13-10-12(19(21)22)11-15(23-2)16(13)20;;/h10-11,14,17,20H,3-9H2,1-2H3;2*1H/t14-;;/m0../s1. The molecule has 2 N–H and O–H groups in total. The van der Waals surface area contributed by atoms with Crippen LogP contribution in [0.2, 0.25) is 0 Å². The maximum atomic E-state index is 11.2. The maximum Gasteiger partial charge on any atom is 0.273 e. The molecule has 0 aromatic heterocycles. The van der Waals surface area contributed by atoms with E-state index in [0.29, 0.717) is 5.56 Å². The van der Waals surface area contributed by atoms with E-state index >= 15 is 0 Å². The van der Waals surface area contributed by atoms with Crippen molar-refractivity contribution in [3.63, 3.8) is 0 Å². The van der Waals surface area contributed by atoms with Gasteiger partial charge >= 0.3 is 0 Å². The number of phenols is 1. The van der Waals surface area contributed by atoms with Crippen LogP contribution >= 0.6 is 24.8 Å². The van der Waals surface area contributed by atoms with Crippen LogP contribution in [-0.4, -0.2) is 48.2 Å². The molecule has 7 nitrogen and oxygen atoms in total. The molecule has 2 rings (SSSR count). The fourth-order valence-corrected chi connectivity index (χ4v) is 3.06. The Morgan fingerprint density at radius 1 is 1.36 bits per heavy atom. The summed E-state index contributed by atoms with van der Waals surface area (Å²) in [6, 6.07) is 2.72. The second-order valence-corrected chi connectivity index (χ2v) is 5.79. The maximum absolute atomic E-state index is 11.2. The van der Waals surface area contributed by atoms with Crippen LogP contribution in [0.25, 0.3) is 0 Å². The van der Waals surface area contributed by atoms with Gasteiger partial charge in [-0.1, -0.05) is 19.8 Å². The monoisotopic (exact) mass is 395 g/mol. The molecule has 0 spiro atoms. The number of hydrogen-bond acceptors (Lipinski definition) is 6. The number of nitrogens with zero attached hydrogens (tertiary/aromatic N) is 2. The third-order valence-electron chi connectivity index (χ3n) is 4.30. The number of benzene rings is 1. The first kappa shape index (κ1) is 23.7. The third kappa shape index (κ3) is 5.88. The molecule has 1 fully saturated rings. The zero-order chi connectivity index (χ0) is 16.8. The predicted molar refractivity (Wildman–Crippen MR) is 103 cm³/mol. The first-order valence-electron chi connectivity index (χ1n) is 8.08. The lowest BCUT2D eigenvalue weighted by Gasteiger charge is -2.35. The molecule has 1 aromatic carbocycles. The molecule has 0 bridgehead atoms. The van der Waals surface area contributed by atoms with Crippen molar-refractivity contribution in [3.8, 4) is 11.5 Å². The van der Waals surface area contributed by atoms with Gasteiger partial charge in [0.25, 0.3) is 5.69 Å². The number of rotatable bonds is 7. The van der Waals surface area contributed by atoms with Crippen LogP contribution in [0.1, 0.15) is 37.8 Å². The van der Waals surface area contributed by atoms with Crippen LogP contribution in [0.4, 0.5) is 5.69 Å². The molecule has 9 heteroatoms. The molecular weight excluding hydrogens is 369 g/mol. The average Bonchev–Trinajstić information content (AvgIpc) is 2.57. The van der Waals surface area contributed by atoms with Gasteiger partial charge in [0.05, 0.1) is 18.1 Å². The van der Waals surface area contributed by atoms with E-state index in [-0.39, 0.29) is 48.0 Å². The second kappa shape index (κ2) is 11.4. The van der Waals surface area contributed by atoms with Crippen LogP contribution in [-0.2, 0) is 0 Å². The SMILES string of the molecule is CCCC[C@@H](c1cc([N+](=O)[O-])cc(OC)c1O)N1CCNCC1.Cl.Cl. The van der Waals surface area contributed by atoms with Gasteiger partial charge in [-0.15, -0.1) is 24.8 Å². The Balaban J connectivity index is 0.00000288. The van der Waals surface area contributed by atoms with Crippen molar-refractivity contribution in [3.05, 3.63) is 27.8 Å². The van der Waals surface area contributed by atoms with Crippen LogP contribution in [0, 0.1) is 10.1 Å². The zero-order valence-corrected chi connectivity index (χ0v) is 16.2. The molecule has 0 aliphatic carbocycles. The van der Waals surface area contributed by atoms with Gasteiger partial charge in [-0.3, -0.25) is 15.0 Å². The number of phenolic OH excluding ortho intramolecular Hbond substituents is 1. The number of unbranched alkanes of at least 4 members (excludes halogenated alkanes) is 1. The number of nitro groups is 1. The summed E-state index contributed by atoms with van der Waals surface area (Å²) >= 11 is 0. The molecule has 1 saturated heterocycles. The van der Waals surface area contributed by atoms with Gasteiger partial charge in [-0.2, -0.15) is 0 Å². The molecule has 1 atom stereocenters. The highest BCUT2D eigenvalue weighted by molar-refractivity contribution is 5.85. The highest BCUT2D eigenvalue weighted by Crippen LogP contribution is 2.41. The smallest absolute Gasteiger partial charge is 0.273 e. The van der Waals surface area contributed by atoms with E-state index in [1.807, 2.05) is 0 Å². The van der Waals surface area contributed by atoms with Crippen molar-refractivity contribution in [1.82, 2.24) is 10.2 Å². The topological polar surface area (TPSA) is 87.9 Å². The number of non-ortho nitro benzene ring substituents is 1. The van der Waals surface area contributed by atoms with Crippen LogP contribution < -0.4 is 10.1 Å². The van der Waals surface area contributed by atoms with E-state index in [1.165, 1.54) is 19.2 Å². The van der Waals surface area contributed by atoms with Gasteiger partial charge in [0.1, 0.15) is 0 Å². The summed E-state index contributed by atoms with van der Waals surface area (Å²) in [5.41, 5.74) is 0.540. The van der Waals surface area contributed by atoms with Crippen molar-refractivity contribution in [2.75, 3.05) is 33.3 Å². The molecule has 0 radical (unpaired) electrons. The van der Waals surface area contributed by atoms with Gasteiger partial charge in [0.2, 0.25) is 0 Å². The van der Waals surface area contributed by atoms with E-state index < -0.39 is 4.92 Å². The van der Waals surface area contributed by atoms with Gasteiger partial charge in [-0.25, -0.2) is 0 Å². The quantitative estimate of drug-likeness (QED) is 0.543. The van der Waals surface area contributed by atoms with Gasteiger partial charge in [-0.05, 0) is 6.42 Å². The average molecular weight is 396 g/mol. The molecule has 1 aliphatic rings. The molecule has 1 aromatic rings. The minimum atomic E-state index is -0.444. The third-order valence-corrected chi connectivity index (χ3v) is 4.30. The van der Waals surface area contributed by atoms with E-state index in [4.69, 9.17) is 4.74 Å². The molecule has 0 amide bonds. The Kier molecular flexibility index (Phi) is 10.8. The fraction of sp³-hybridized carbons (Fsp3) is 0.625. The highest BCUT2D eigenvalue weighted by atomic mass is 35.5. The number of methoxy groups -OCH3 is 1. The van der Waals surface area contributed by atoms with Crippen molar-refractivity contribution >= 4 is 30.5 Å². The summed E-state index contributed by atoms with van der Waals surface area (Å²) in [5.74, 6) is 0.170. The molecule has 144 valence electrons. The number of nitrogens with one attached hydrogen (secondary N) is 1. The number of aromatic hydroxyl groups is 1. The lowest BCUT2D eigenvalue weighted by Crippen LogP contribution is -2.45. The first-order chi connectivity index (χ1) is 11.1. The molecule has 0 saturated carbocycles. The summed E-state index contributed by atoms with van der Waals surface area (Å²) < 4.78 is 5.13. The van der Waals surface area contributed by atoms with Crippen LogP contribution in [0.5, 0.6) is 11.5 Å². The molecule has 1 heterocycles. The minimum absolute atomic E-state index is 0. The fourth-order valence-electron chi connectivity index (χ4n) is 3.06. The Hall–Kier alpha value is -1.28. The number of piperazine rings is 1. The van der Waals surface area contributed by atoms with E-state index in [2.05, 4.69) is 17.1 Å². The number of hydrogen-bond donors (Lipinski definition) is 2. The predicted octanol–water partition coefficient (Wildman–Crippen LogP) is 3.29. The number of nitro benzene ring substituents is 1. The van der Waals surface area contributed by atoms with Crippen LogP contribution in [0.3, 0.4) is 0 Å². The second-order valence-electron chi connectivity index (χ2n) is 5.79. The largest absolute Gasteiger partial charge is 0.504 e. The summed E-state index contributed by atoms with van der Waals surface area (Å²) in [7, 11) is 1.41. The molecule has 25 heavy (non-hydrogen) atoms. The summed E-state index contributed by atoms with van der Waals surface area (Å²) in [6.45, 7) is 5.60. The number of halogens is 2. The van der Waals surface area contributed by atoms with Crippen molar-refractivity contribution < 1.29 is 14.8 Å². The van der Waals surface area contributed by atoms with E-state index in [9.17, 15) is 15.2 Å². The molecule has 1 aliphatic heterocycles. The van der Waals surface area contributed by atoms with Gasteiger partial charge < -0.3 is 15.2 Å². The van der Waals surface area contributed by atoms with Crippen LogP contribution in [0.15, 0.2) is 12.1 Å². The molecular formula is C16H27Cl2N3O4. The van der Waals surface area contributed by atoms with E-state index in [0.717, 1.165) is 45.4 Å². The Labute approximate surface area is 160 Å². The Bertz CT molecular complexity index is 554. The minimum Gasteiger partial charge on any atom is -0.504 e. The van der Waals surface area contributed by atoms with Crippen molar-refractivity contribution in [2.24, 2.45) is 0 Å². The number of ether oxygens (including phenoxy) is 1.